The van der Waals surface area contributed by atoms with Gasteiger partial charge in [0, 0.05) is 12.0 Å². The fourth-order valence-electron chi connectivity index (χ4n) is 1.67. The van der Waals surface area contributed by atoms with Gasteiger partial charge in [-0.05, 0) is 31.2 Å². The molecular formula is C14H15NO2. The lowest BCUT2D eigenvalue weighted by Crippen LogP contribution is -1.83. The minimum Gasteiger partial charge on any atom is -0.497 e. The highest BCUT2D eigenvalue weighted by Crippen LogP contribution is 2.26. The molecule has 0 atom stereocenters. The molecule has 2 aromatic rings. The van der Waals surface area contributed by atoms with E-state index in [-0.39, 0.29) is 0 Å². The summed E-state index contributed by atoms with van der Waals surface area (Å²) in [6.45, 7) is 5.61. The van der Waals surface area contributed by atoms with Crippen molar-refractivity contribution in [1.29, 1.82) is 0 Å². The number of aryl methyl sites for hydroxylation is 1. The molecule has 0 aliphatic rings. The van der Waals surface area contributed by atoms with E-state index in [1.54, 1.807) is 13.2 Å². The van der Waals surface area contributed by atoms with Gasteiger partial charge >= 0.3 is 0 Å². The van der Waals surface area contributed by atoms with Gasteiger partial charge in [0.25, 0.3) is 0 Å². The summed E-state index contributed by atoms with van der Waals surface area (Å²) in [4.78, 5) is 4.35. The molecule has 17 heavy (non-hydrogen) atoms. The van der Waals surface area contributed by atoms with Crippen molar-refractivity contribution in [2.24, 2.45) is 0 Å². The van der Waals surface area contributed by atoms with Crippen molar-refractivity contribution in [3.63, 3.8) is 0 Å². The van der Waals surface area contributed by atoms with Crippen molar-refractivity contribution in [1.82, 2.24) is 4.98 Å². The predicted molar refractivity (Wildman–Crippen MR) is 67.1 cm³/mol. The Morgan fingerprint density at radius 1 is 1.35 bits per heavy atom. The topological polar surface area (TPSA) is 35.3 Å². The Labute approximate surface area is 101 Å². The molecule has 3 nitrogen and oxygen atoms in total. The molecular weight excluding hydrogens is 214 g/mol. The quantitative estimate of drug-likeness (QED) is 0.754. The monoisotopic (exact) mass is 229 g/mol. The number of benzene rings is 1. The van der Waals surface area contributed by atoms with Crippen LogP contribution in [0.4, 0.5) is 0 Å². The molecule has 0 radical (unpaired) electrons. The first-order valence-electron chi connectivity index (χ1n) is 5.46. The maximum Gasteiger partial charge on any atom is 0.198 e. The van der Waals surface area contributed by atoms with E-state index in [4.69, 9.17) is 9.15 Å². The van der Waals surface area contributed by atoms with Gasteiger partial charge in [-0.25, -0.2) is 4.98 Å². The lowest BCUT2D eigenvalue weighted by molar-refractivity contribution is 0.415. The van der Waals surface area contributed by atoms with Crippen LogP contribution in [0.5, 0.6) is 5.75 Å². The predicted octanol–water partition coefficient (Wildman–Crippen LogP) is 3.39. The van der Waals surface area contributed by atoms with Gasteiger partial charge in [0.05, 0.1) is 12.8 Å². The van der Waals surface area contributed by atoms with Gasteiger partial charge in [0.1, 0.15) is 5.75 Å². The molecule has 0 amide bonds. The van der Waals surface area contributed by atoms with E-state index in [0.29, 0.717) is 12.3 Å². The van der Waals surface area contributed by atoms with Gasteiger partial charge in [0.15, 0.2) is 11.7 Å². The lowest BCUT2D eigenvalue weighted by atomic mass is 10.1. The second-order valence-corrected chi connectivity index (χ2v) is 3.74. The number of methoxy groups -OCH3 is 1. The average molecular weight is 229 g/mol. The highest BCUT2D eigenvalue weighted by molar-refractivity contribution is 5.60. The Hall–Kier alpha value is -2.03. The standard InChI is InChI=1S/C14H15NO2/c1-4-5-13-15-10(2)14(17-13)11-6-8-12(16-3)9-7-11/h4,6-9H,1,5H2,2-3H3. The first-order chi connectivity index (χ1) is 8.24. The number of hydrogen-bond donors (Lipinski definition) is 0. The van der Waals surface area contributed by atoms with E-state index in [0.717, 1.165) is 22.8 Å². The van der Waals surface area contributed by atoms with Gasteiger partial charge in [-0.15, -0.1) is 6.58 Å². The third-order valence-electron chi connectivity index (χ3n) is 2.51. The summed E-state index contributed by atoms with van der Waals surface area (Å²) < 4.78 is 10.8. The molecule has 0 spiro atoms. The maximum atomic E-state index is 5.69. The molecule has 0 aliphatic heterocycles. The van der Waals surface area contributed by atoms with Gasteiger partial charge in [0.2, 0.25) is 0 Å². The van der Waals surface area contributed by atoms with E-state index in [1.165, 1.54) is 0 Å². The number of aromatic nitrogens is 1. The summed E-state index contributed by atoms with van der Waals surface area (Å²) in [5.74, 6) is 2.34. The molecule has 0 aliphatic carbocycles. The number of nitrogens with zero attached hydrogens (tertiary/aromatic N) is 1. The summed E-state index contributed by atoms with van der Waals surface area (Å²) in [5.41, 5.74) is 1.90. The molecule has 0 fully saturated rings. The first kappa shape index (κ1) is 11.5. The highest BCUT2D eigenvalue weighted by Gasteiger charge is 2.10. The van der Waals surface area contributed by atoms with Crippen molar-refractivity contribution in [3.05, 3.63) is 48.5 Å². The summed E-state index contributed by atoms with van der Waals surface area (Å²) >= 11 is 0. The molecule has 0 saturated carbocycles. The van der Waals surface area contributed by atoms with Crippen molar-refractivity contribution < 1.29 is 9.15 Å². The Morgan fingerprint density at radius 2 is 2.06 bits per heavy atom. The van der Waals surface area contributed by atoms with E-state index < -0.39 is 0 Å². The smallest absolute Gasteiger partial charge is 0.198 e. The van der Waals surface area contributed by atoms with Crippen LogP contribution < -0.4 is 4.74 Å². The number of allylic oxidation sites excluding steroid dienone is 1. The van der Waals surface area contributed by atoms with Crippen LogP contribution in [0.25, 0.3) is 11.3 Å². The minimum absolute atomic E-state index is 0.650. The molecule has 0 bridgehead atoms. The summed E-state index contributed by atoms with van der Waals surface area (Å²) in [6, 6.07) is 7.74. The van der Waals surface area contributed by atoms with Crippen LogP contribution in [0.1, 0.15) is 11.6 Å². The largest absolute Gasteiger partial charge is 0.497 e. The molecule has 88 valence electrons. The second-order valence-electron chi connectivity index (χ2n) is 3.74. The van der Waals surface area contributed by atoms with Gasteiger partial charge in [-0.2, -0.15) is 0 Å². The molecule has 1 heterocycles. The van der Waals surface area contributed by atoms with E-state index in [9.17, 15) is 0 Å². The number of ether oxygens (including phenoxy) is 1. The Morgan fingerprint density at radius 3 is 2.65 bits per heavy atom. The fourth-order valence-corrected chi connectivity index (χ4v) is 1.67. The Bertz CT molecular complexity index is 512. The SMILES string of the molecule is C=CCc1nc(C)c(-c2ccc(OC)cc2)o1. The molecule has 1 aromatic heterocycles. The Kier molecular flexibility index (Phi) is 3.28. The van der Waals surface area contributed by atoms with E-state index in [1.807, 2.05) is 31.2 Å². The first-order valence-corrected chi connectivity index (χ1v) is 5.46. The van der Waals surface area contributed by atoms with Gasteiger partial charge in [-0.1, -0.05) is 6.08 Å². The van der Waals surface area contributed by atoms with E-state index in [2.05, 4.69) is 11.6 Å². The number of hydrogen-bond acceptors (Lipinski definition) is 3. The molecule has 1 aromatic carbocycles. The molecule has 2 rings (SSSR count). The van der Waals surface area contributed by atoms with Crippen LogP contribution >= 0.6 is 0 Å². The number of oxazole rings is 1. The van der Waals surface area contributed by atoms with Crippen LogP contribution in [0, 0.1) is 6.92 Å². The highest BCUT2D eigenvalue weighted by atomic mass is 16.5. The molecule has 0 N–H and O–H groups in total. The zero-order valence-electron chi connectivity index (χ0n) is 10.1. The van der Waals surface area contributed by atoms with Crippen molar-refractivity contribution >= 4 is 0 Å². The zero-order valence-corrected chi connectivity index (χ0v) is 10.1. The summed E-state index contributed by atoms with van der Waals surface area (Å²) in [5, 5.41) is 0. The van der Waals surface area contributed by atoms with Gasteiger partial charge < -0.3 is 9.15 Å². The third kappa shape index (κ3) is 2.38. The van der Waals surface area contributed by atoms with Crippen LogP contribution in [0.15, 0.2) is 41.3 Å². The van der Waals surface area contributed by atoms with E-state index >= 15 is 0 Å². The average Bonchev–Trinajstić information content (AvgIpc) is 2.71. The molecule has 0 unspecified atom stereocenters. The number of rotatable bonds is 4. The minimum atomic E-state index is 0.650. The van der Waals surface area contributed by atoms with Crippen LogP contribution in [0.2, 0.25) is 0 Å². The van der Waals surface area contributed by atoms with Crippen LogP contribution in [-0.4, -0.2) is 12.1 Å². The van der Waals surface area contributed by atoms with Crippen molar-refractivity contribution in [2.45, 2.75) is 13.3 Å². The fraction of sp³-hybridized carbons (Fsp3) is 0.214. The normalized spacial score (nSPS) is 10.2. The van der Waals surface area contributed by atoms with Crippen molar-refractivity contribution in [3.8, 4) is 17.1 Å². The van der Waals surface area contributed by atoms with Gasteiger partial charge in [-0.3, -0.25) is 0 Å². The third-order valence-corrected chi connectivity index (χ3v) is 2.51. The summed E-state index contributed by atoms with van der Waals surface area (Å²) in [6.07, 6.45) is 2.43. The van der Waals surface area contributed by atoms with Crippen LogP contribution in [-0.2, 0) is 6.42 Å². The Balaban J connectivity index is 2.34. The second kappa shape index (κ2) is 4.87. The summed E-state index contributed by atoms with van der Waals surface area (Å²) in [7, 11) is 1.65. The van der Waals surface area contributed by atoms with Crippen LogP contribution in [0.3, 0.4) is 0 Å². The lowest BCUT2D eigenvalue weighted by Gasteiger charge is -2.01. The maximum absolute atomic E-state index is 5.69. The molecule has 0 saturated heterocycles. The zero-order chi connectivity index (χ0) is 12.3. The molecule has 3 heteroatoms. The van der Waals surface area contributed by atoms with Crippen molar-refractivity contribution in [2.75, 3.05) is 7.11 Å².